The van der Waals surface area contributed by atoms with Crippen molar-refractivity contribution < 1.29 is 24.2 Å². The van der Waals surface area contributed by atoms with Crippen LogP contribution in [0.2, 0.25) is 0 Å². The Hall–Kier alpha value is -3.09. The summed E-state index contributed by atoms with van der Waals surface area (Å²) in [6.45, 7) is 0. The van der Waals surface area contributed by atoms with Crippen molar-refractivity contribution in [2.45, 2.75) is 67.6 Å². The van der Waals surface area contributed by atoms with Crippen LogP contribution in [-0.2, 0) is 27.1 Å². The predicted molar refractivity (Wildman–Crippen MR) is 150 cm³/mol. The molecule has 0 fully saturated rings. The molecule has 0 saturated heterocycles. The predicted octanol–water partition coefficient (Wildman–Crippen LogP) is 6.20. The lowest BCUT2D eigenvalue weighted by Gasteiger charge is -2.28. The smallest absolute Gasteiger partial charge is 0.337 e. The van der Waals surface area contributed by atoms with Crippen LogP contribution in [0.25, 0.3) is 0 Å². The van der Waals surface area contributed by atoms with E-state index in [0.717, 1.165) is 41.7 Å². The molecule has 0 bridgehead atoms. The van der Waals surface area contributed by atoms with Crippen molar-refractivity contribution in [2.24, 2.45) is 0 Å². The van der Waals surface area contributed by atoms with Crippen LogP contribution in [0.4, 0.5) is 0 Å². The van der Waals surface area contributed by atoms with E-state index in [1.807, 2.05) is 18.2 Å². The Bertz CT molecular complexity index is 1130. The zero-order chi connectivity index (χ0) is 27.2. The molecular formula is C32H37O5S-. The van der Waals surface area contributed by atoms with Crippen LogP contribution in [-0.4, -0.2) is 32.3 Å². The molecule has 0 N–H and O–H groups in total. The maximum Gasteiger partial charge on any atom is 0.337 e. The Labute approximate surface area is 230 Å². The first kappa shape index (κ1) is 29.5. The number of aryl methyl sites for hydroxylation is 2. The van der Waals surface area contributed by atoms with Crippen LogP contribution < -0.4 is 5.11 Å². The summed E-state index contributed by atoms with van der Waals surface area (Å²) in [5, 5.41) is 11.5. The van der Waals surface area contributed by atoms with Gasteiger partial charge in [-0.1, -0.05) is 80.3 Å². The second-order valence-electron chi connectivity index (χ2n) is 9.34. The van der Waals surface area contributed by atoms with E-state index in [2.05, 4.69) is 36.4 Å². The average molecular weight is 534 g/mol. The number of methoxy groups -OCH3 is 2. The van der Waals surface area contributed by atoms with Gasteiger partial charge in [0.2, 0.25) is 0 Å². The van der Waals surface area contributed by atoms with Crippen LogP contribution in [0.1, 0.15) is 70.8 Å². The molecule has 202 valence electrons. The Morgan fingerprint density at radius 2 is 1.37 bits per heavy atom. The molecule has 0 aliphatic carbocycles. The third kappa shape index (κ3) is 9.03. The molecule has 5 nitrogen and oxygen atoms in total. The van der Waals surface area contributed by atoms with Crippen molar-refractivity contribution in [3.63, 3.8) is 0 Å². The standard InChI is InChI=1S/C32H38O5S/c1-36-29(31(33)34)30(38-27-22-20-26(21-23-27)32(35)37-2)28-19-13-12-18-25(28)17-11-6-4-3-5-8-14-24-15-9-7-10-16-24/h7,9-10,12-13,15-16,18-23,29-30H,3-6,8,11,14,17H2,1-2H3,(H,33,34)/p-1. The van der Waals surface area contributed by atoms with Gasteiger partial charge in [0.05, 0.1) is 23.9 Å². The number of esters is 1. The summed E-state index contributed by atoms with van der Waals surface area (Å²) in [4.78, 5) is 24.6. The number of unbranched alkanes of at least 4 members (excludes halogenated alkanes) is 5. The summed E-state index contributed by atoms with van der Waals surface area (Å²) in [6, 6.07) is 25.6. The number of aliphatic carboxylic acids is 1. The zero-order valence-electron chi connectivity index (χ0n) is 22.3. The van der Waals surface area contributed by atoms with E-state index in [1.165, 1.54) is 57.2 Å². The number of rotatable bonds is 16. The average Bonchev–Trinajstić information content (AvgIpc) is 2.95. The highest BCUT2D eigenvalue weighted by Gasteiger charge is 2.27. The minimum atomic E-state index is -1.25. The largest absolute Gasteiger partial charge is 0.547 e. The van der Waals surface area contributed by atoms with E-state index in [9.17, 15) is 14.7 Å². The number of carbonyl (C=O) groups is 2. The lowest BCUT2D eigenvalue weighted by atomic mass is 9.96. The maximum atomic E-state index is 12.0. The highest BCUT2D eigenvalue weighted by Crippen LogP contribution is 2.40. The van der Waals surface area contributed by atoms with Gasteiger partial charge in [0.1, 0.15) is 6.10 Å². The third-order valence-corrected chi connectivity index (χ3v) is 7.97. The monoisotopic (exact) mass is 533 g/mol. The molecule has 0 aromatic heterocycles. The van der Waals surface area contributed by atoms with Gasteiger partial charge in [-0.2, -0.15) is 0 Å². The molecule has 0 spiro atoms. The van der Waals surface area contributed by atoms with E-state index < -0.39 is 23.3 Å². The van der Waals surface area contributed by atoms with Gasteiger partial charge in [-0.05, 0) is 66.6 Å². The summed E-state index contributed by atoms with van der Waals surface area (Å²) >= 11 is 1.40. The molecule has 0 heterocycles. The minimum Gasteiger partial charge on any atom is -0.547 e. The fourth-order valence-corrected chi connectivity index (χ4v) is 5.89. The van der Waals surface area contributed by atoms with Gasteiger partial charge >= 0.3 is 5.97 Å². The fourth-order valence-electron chi connectivity index (χ4n) is 4.60. The first-order valence-electron chi connectivity index (χ1n) is 13.2. The van der Waals surface area contributed by atoms with E-state index >= 15 is 0 Å². The van der Waals surface area contributed by atoms with Gasteiger partial charge in [0.15, 0.2) is 0 Å². The zero-order valence-corrected chi connectivity index (χ0v) is 23.1. The molecular weight excluding hydrogens is 496 g/mol. The van der Waals surface area contributed by atoms with Crippen LogP contribution in [0, 0.1) is 0 Å². The lowest BCUT2D eigenvalue weighted by Crippen LogP contribution is -2.40. The van der Waals surface area contributed by atoms with Crippen LogP contribution >= 0.6 is 11.8 Å². The first-order chi connectivity index (χ1) is 18.5. The van der Waals surface area contributed by atoms with E-state index in [0.29, 0.717) is 5.56 Å². The molecule has 0 saturated carbocycles. The Kier molecular flexibility index (Phi) is 12.4. The highest BCUT2D eigenvalue weighted by molar-refractivity contribution is 7.99. The second kappa shape index (κ2) is 16.0. The van der Waals surface area contributed by atoms with Crippen molar-refractivity contribution in [1.82, 2.24) is 0 Å². The van der Waals surface area contributed by atoms with Crippen LogP contribution in [0.15, 0.2) is 83.8 Å². The number of hydrogen-bond donors (Lipinski definition) is 0. The minimum absolute atomic E-state index is 0.413. The SMILES string of the molecule is COC(=O)c1ccc(SC(c2ccccc2CCCCCCCCc2ccccc2)C(OC)C(=O)[O-])cc1. The molecule has 2 unspecified atom stereocenters. The summed E-state index contributed by atoms with van der Waals surface area (Å²) < 4.78 is 10.2. The van der Waals surface area contributed by atoms with Crippen LogP contribution in [0.5, 0.6) is 0 Å². The van der Waals surface area contributed by atoms with Crippen molar-refractivity contribution >= 4 is 23.7 Å². The summed E-state index contributed by atoms with van der Waals surface area (Å²) in [5.41, 5.74) is 3.91. The number of carbonyl (C=O) groups excluding carboxylic acids is 2. The number of carboxylic acid groups (broad SMARTS) is 1. The highest BCUT2D eigenvalue weighted by atomic mass is 32.2. The first-order valence-corrected chi connectivity index (χ1v) is 14.1. The Balaban J connectivity index is 1.59. The van der Waals surface area contributed by atoms with Gasteiger partial charge in [0, 0.05) is 12.0 Å². The van der Waals surface area contributed by atoms with Crippen LogP contribution in [0.3, 0.4) is 0 Å². The van der Waals surface area contributed by atoms with Crippen molar-refractivity contribution in [3.8, 4) is 0 Å². The lowest BCUT2D eigenvalue weighted by molar-refractivity contribution is -0.316. The number of ether oxygens (including phenoxy) is 2. The van der Waals surface area contributed by atoms with E-state index in [4.69, 9.17) is 9.47 Å². The summed E-state index contributed by atoms with van der Waals surface area (Å²) in [7, 11) is 2.74. The molecule has 0 aliphatic heterocycles. The summed E-state index contributed by atoms with van der Waals surface area (Å²) in [6.07, 6.45) is 7.95. The normalized spacial score (nSPS) is 12.6. The molecule has 0 amide bonds. The molecule has 0 radical (unpaired) electrons. The quantitative estimate of drug-likeness (QED) is 0.124. The van der Waals surface area contributed by atoms with E-state index in [1.54, 1.807) is 24.3 Å². The Morgan fingerprint density at radius 1 is 0.763 bits per heavy atom. The summed E-state index contributed by atoms with van der Waals surface area (Å²) in [5.74, 6) is -1.66. The number of benzene rings is 3. The Morgan fingerprint density at radius 3 is 2.00 bits per heavy atom. The number of hydrogen-bond acceptors (Lipinski definition) is 6. The van der Waals surface area contributed by atoms with Gasteiger partial charge < -0.3 is 19.4 Å². The van der Waals surface area contributed by atoms with Gasteiger partial charge in [-0.3, -0.25) is 0 Å². The maximum absolute atomic E-state index is 12.0. The number of thioether (sulfide) groups is 1. The second-order valence-corrected chi connectivity index (χ2v) is 10.6. The molecule has 38 heavy (non-hydrogen) atoms. The van der Waals surface area contributed by atoms with Gasteiger partial charge in [-0.25, -0.2) is 4.79 Å². The molecule has 3 rings (SSSR count). The third-order valence-electron chi connectivity index (χ3n) is 6.67. The topological polar surface area (TPSA) is 75.7 Å². The molecule has 3 aromatic carbocycles. The van der Waals surface area contributed by atoms with Gasteiger partial charge in [-0.15, -0.1) is 11.8 Å². The van der Waals surface area contributed by atoms with Crippen molar-refractivity contribution in [1.29, 1.82) is 0 Å². The van der Waals surface area contributed by atoms with E-state index in [-0.39, 0.29) is 0 Å². The number of carboxylic acids is 1. The molecule has 0 aliphatic rings. The van der Waals surface area contributed by atoms with Gasteiger partial charge in [0.25, 0.3) is 0 Å². The molecule has 2 atom stereocenters. The molecule has 3 aromatic rings. The molecule has 6 heteroatoms. The van der Waals surface area contributed by atoms with Crippen molar-refractivity contribution in [3.05, 3.63) is 101 Å². The van der Waals surface area contributed by atoms with Crippen molar-refractivity contribution in [2.75, 3.05) is 14.2 Å². The fraction of sp³-hybridized carbons (Fsp3) is 0.375.